The number of aliphatic hydroxyl groups excluding tert-OH is 1. The Kier molecular flexibility index (Phi) is 67.6. The Bertz CT molecular complexity index is 1670. The van der Waals surface area contributed by atoms with Crippen LogP contribution in [0.4, 0.5) is 0 Å². The van der Waals surface area contributed by atoms with Gasteiger partial charge in [-0.15, -0.1) is 0 Å². The van der Waals surface area contributed by atoms with E-state index in [9.17, 15) is 43.2 Å². The number of rotatable bonds is 68. The van der Waals surface area contributed by atoms with E-state index in [4.69, 9.17) is 37.0 Å². The largest absolute Gasteiger partial charge is 0.472 e. The molecule has 0 aromatic heterocycles. The summed E-state index contributed by atoms with van der Waals surface area (Å²) in [5.74, 6) is -2.13. The van der Waals surface area contributed by atoms with Crippen molar-refractivity contribution >= 4 is 39.5 Å². The highest BCUT2D eigenvalue weighted by molar-refractivity contribution is 7.47. The number of phosphoric ester groups is 2. The topological polar surface area (TPSA) is 237 Å². The number of ether oxygens (including phenoxy) is 4. The fourth-order valence-corrected chi connectivity index (χ4v) is 11.7. The van der Waals surface area contributed by atoms with Gasteiger partial charge in [0, 0.05) is 25.7 Å². The van der Waals surface area contributed by atoms with Crippen molar-refractivity contribution in [2.75, 3.05) is 39.6 Å². The summed E-state index contributed by atoms with van der Waals surface area (Å²) in [7, 11) is -9.88. The zero-order valence-corrected chi connectivity index (χ0v) is 59.8. The van der Waals surface area contributed by atoms with Gasteiger partial charge in [0.25, 0.3) is 0 Å². The molecule has 0 aromatic rings. The van der Waals surface area contributed by atoms with Crippen molar-refractivity contribution in [2.24, 2.45) is 0 Å². The SMILES string of the molecule is CCC.CCCCCCCCCCCCCCCCCC(=O)OC[C@H](COP(=O)(O)OC[C@@H](O)COP(=O)(O)OC[C@@H](COC(=O)CCCCCCCCCC)OC(=O)CCCCCCCCCC)OC(=O)CCCCCCCCCCCCCCCCC. The van der Waals surface area contributed by atoms with E-state index in [2.05, 4.69) is 41.5 Å². The first-order valence-corrected chi connectivity index (χ1v) is 39.7. The summed E-state index contributed by atoms with van der Waals surface area (Å²) in [4.78, 5) is 72.2. The molecule has 0 spiro atoms. The van der Waals surface area contributed by atoms with E-state index in [-0.39, 0.29) is 25.7 Å². The Morgan fingerprint density at radius 2 is 0.461 bits per heavy atom. The minimum atomic E-state index is -4.95. The molecular formula is C70H138O17P2. The first-order valence-electron chi connectivity index (χ1n) is 36.7. The van der Waals surface area contributed by atoms with E-state index in [0.717, 1.165) is 103 Å². The molecule has 0 amide bonds. The Morgan fingerprint density at radius 1 is 0.281 bits per heavy atom. The molecule has 0 rings (SSSR count). The molecule has 0 aliphatic heterocycles. The number of hydrogen-bond acceptors (Lipinski definition) is 15. The molecule has 0 aromatic carbocycles. The highest BCUT2D eigenvalue weighted by atomic mass is 31.2. The maximum absolute atomic E-state index is 13.0. The van der Waals surface area contributed by atoms with Gasteiger partial charge in [-0.25, -0.2) is 9.13 Å². The van der Waals surface area contributed by atoms with Crippen LogP contribution in [-0.2, 0) is 65.4 Å². The van der Waals surface area contributed by atoms with Gasteiger partial charge in [-0.2, -0.15) is 0 Å². The van der Waals surface area contributed by atoms with E-state index in [1.54, 1.807) is 0 Å². The van der Waals surface area contributed by atoms with Gasteiger partial charge in [0.05, 0.1) is 26.4 Å². The van der Waals surface area contributed by atoms with E-state index in [1.165, 1.54) is 173 Å². The Labute approximate surface area is 544 Å². The van der Waals surface area contributed by atoms with Crippen molar-refractivity contribution in [3.63, 3.8) is 0 Å². The van der Waals surface area contributed by atoms with Crippen LogP contribution in [0.3, 0.4) is 0 Å². The lowest BCUT2D eigenvalue weighted by atomic mass is 10.0. The summed E-state index contributed by atoms with van der Waals surface area (Å²) in [5.41, 5.74) is 0. The molecule has 0 aliphatic carbocycles. The third kappa shape index (κ3) is 68.7. The van der Waals surface area contributed by atoms with Gasteiger partial charge >= 0.3 is 39.5 Å². The van der Waals surface area contributed by atoms with Crippen LogP contribution >= 0.6 is 15.6 Å². The van der Waals surface area contributed by atoms with E-state index in [1.807, 2.05) is 0 Å². The second kappa shape index (κ2) is 67.5. The predicted molar refractivity (Wildman–Crippen MR) is 361 cm³/mol. The number of phosphoric acid groups is 2. The fourth-order valence-electron chi connectivity index (χ4n) is 10.2. The molecule has 0 heterocycles. The van der Waals surface area contributed by atoms with Crippen LogP contribution in [0.1, 0.15) is 369 Å². The van der Waals surface area contributed by atoms with Crippen LogP contribution in [0.2, 0.25) is 0 Å². The third-order valence-electron chi connectivity index (χ3n) is 15.6. The van der Waals surface area contributed by atoms with Gasteiger partial charge < -0.3 is 33.8 Å². The van der Waals surface area contributed by atoms with Crippen molar-refractivity contribution in [1.82, 2.24) is 0 Å². The van der Waals surface area contributed by atoms with Crippen LogP contribution < -0.4 is 0 Å². The second-order valence-corrected chi connectivity index (χ2v) is 27.8. The summed E-state index contributed by atoms with van der Waals surface area (Å²) in [6.07, 6.45) is 49.9. The molecule has 0 fully saturated rings. The molecular weight excluding hydrogens is 1170 g/mol. The molecule has 0 saturated carbocycles. The second-order valence-electron chi connectivity index (χ2n) is 24.9. The Balaban J connectivity index is 0. The van der Waals surface area contributed by atoms with Crippen LogP contribution in [0.25, 0.3) is 0 Å². The van der Waals surface area contributed by atoms with Crippen LogP contribution in [-0.4, -0.2) is 96.7 Å². The fraction of sp³-hybridized carbons (Fsp3) is 0.943. The summed E-state index contributed by atoms with van der Waals surface area (Å²) < 4.78 is 68.0. The van der Waals surface area contributed by atoms with E-state index >= 15 is 0 Å². The summed E-state index contributed by atoms with van der Waals surface area (Å²) in [5, 5.41) is 10.5. The molecule has 5 atom stereocenters. The third-order valence-corrected chi connectivity index (χ3v) is 17.5. The first kappa shape index (κ1) is 89.1. The average molecular weight is 1310 g/mol. The molecule has 0 bridgehead atoms. The number of carbonyl (C=O) groups excluding carboxylic acids is 4. The molecule has 2 unspecified atom stereocenters. The predicted octanol–water partition coefficient (Wildman–Crippen LogP) is 20.5. The zero-order valence-electron chi connectivity index (χ0n) is 58.0. The highest BCUT2D eigenvalue weighted by Gasteiger charge is 2.30. The molecule has 19 heteroatoms. The maximum atomic E-state index is 13.0. The summed E-state index contributed by atoms with van der Waals surface area (Å²) >= 11 is 0. The number of esters is 4. The van der Waals surface area contributed by atoms with Crippen molar-refractivity contribution < 1.29 is 80.2 Å². The molecule has 17 nitrogen and oxygen atoms in total. The quantitative estimate of drug-likeness (QED) is 0.0222. The number of hydrogen-bond donors (Lipinski definition) is 3. The maximum Gasteiger partial charge on any atom is 0.472 e. The monoisotopic (exact) mass is 1310 g/mol. The van der Waals surface area contributed by atoms with Crippen molar-refractivity contribution in [3.8, 4) is 0 Å². The minimum absolute atomic E-state index is 0.105. The summed E-state index contributed by atoms with van der Waals surface area (Å²) in [6.45, 7) is 9.12. The Morgan fingerprint density at radius 3 is 0.674 bits per heavy atom. The lowest BCUT2D eigenvalue weighted by molar-refractivity contribution is -0.161. The van der Waals surface area contributed by atoms with E-state index < -0.39 is 97.5 Å². The standard InChI is InChI=1S/C67H130O17P2.C3H8/c1-5-9-13-17-21-25-27-29-31-33-35-37-41-44-48-52-65(70)78-58-63(84-67(72)54-50-46-42-38-36-34-32-30-28-26-22-18-14-10-6-2)60-82-86(75,76)80-56-61(68)55-79-85(73,74)81-59-62(83-66(71)53-49-45-40-24-20-16-12-8-4)57-77-64(69)51-47-43-39-23-19-15-11-7-3;1-3-2/h61-63,68H,5-60H2,1-4H3,(H,73,74)(H,75,76);3H2,1-2H3/t61-,62+,63+;/m0./s1. The van der Waals surface area contributed by atoms with Gasteiger partial charge in [0.1, 0.15) is 19.3 Å². The molecule has 0 saturated heterocycles. The smallest absolute Gasteiger partial charge is 0.462 e. The van der Waals surface area contributed by atoms with Crippen LogP contribution in [0.5, 0.6) is 0 Å². The van der Waals surface area contributed by atoms with Crippen molar-refractivity contribution in [2.45, 2.75) is 387 Å². The number of aliphatic hydroxyl groups is 1. The first-order chi connectivity index (χ1) is 43.1. The lowest BCUT2D eigenvalue weighted by Gasteiger charge is -2.21. The van der Waals surface area contributed by atoms with Gasteiger partial charge in [0.2, 0.25) is 0 Å². The molecule has 89 heavy (non-hydrogen) atoms. The summed E-state index contributed by atoms with van der Waals surface area (Å²) in [6, 6.07) is 0. The molecule has 0 aliphatic rings. The van der Waals surface area contributed by atoms with Gasteiger partial charge in [-0.1, -0.05) is 318 Å². The van der Waals surface area contributed by atoms with Gasteiger partial charge in [0.15, 0.2) is 12.2 Å². The zero-order chi connectivity index (χ0) is 66.0. The van der Waals surface area contributed by atoms with Gasteiger partial charge in [-0.3, -0.25) is 37.3 Å². The van der Waals surface area contributed by atoms with Crippen LogP contribution in [0.15, 0.2) is 0 Å². The number of carbonyl (C=O) groups is 4. The molecule has 3 N–H and O–H groups in total. The number of unbranched alkanes of at least 4 members (excludes halogenated alkanes) is 42. The van der Waals surface area contributed by atoms with E-state index in [0.29, 0.717) is 25.7 Å². The van der Waals surface area contributed by atoms with Crippen molar-refractivity contribution in [1.29, 1.82) is 0 Å². The van der Waals surface area contributed by atoms with Crippen LogP contribution in [0, 0.1) is 0 Å². The molecule has 530 valence electrons. The highest BCUT2D eigenvalue weighted by Crippen LogP contribution is 2.45. The minimum Gasteiger partial charge on any atom is -0.462 e. The Hall–Kier alpha value is -1.94. The van der Waals surface area contributed by atoms with Crippen molar-refractivity contribution in [3.05, 3.63) is 0 Å². The normalized spacial score (nSPS) is 13.8. The lowest BCUT2D eigenvalue weighted by Crippen LogP contribution is -2.30. The van der Waals surface area contributed by atoms with Gasteiger partial charge in [-0.05, 0) is 25.7 Å². The molecule has 0 radical (unpaired) electrons. The average Bonchev–Trinajstić information content (AvgIpc) is 3.72.